The Balaban J connectivity index is 1.80. The van der Waals surface area contributed by atoms with Crippen LogP contribution in [0, 0.1) is 3.57 Å². The molecule has 0 fully saturated rings. The largest absolute Gasteiger partial charge is 0.326 e. The molecule has 1 aromatic heterocycles. The topological polar surface area (TPSA) is 66.5 Å². The fraction of sp³-hybridized carbons (Fsp3) is 0.267. The third-order valence-electron chi connectivity index (χ3n) is 3.16. The van der Waals surface area contributed by atoms with Gasteiger partial charge in [0.15, 0.2) is 0 Å². The minimum atomic E-state index is -3.44. The predicted octanol–water partition coefficient (Wildman–Crippen LogP) is 3.39. The molecule has 1 aromatic carbocycles. The summed E-state index contributed by atoms with van der Waals surface area (Å²) in [4.78, 5) is 11.9. The van der Waals surface area contributed by atoms with Crippen LogP contribution in [0.25, 0.3) is 0 Å². The van der Waals surface area contributed by atoms with E-state index in [0.717, 1.165) is 9.26 Å². The SMILES string of the molecule is CN(CCCC(=O)Nc1ccc(I)cc1)S(=O)(=O)c1cccs1. The van der Waals surface area contributed by atoms with Crippen LogP contribution in [0.1, 0.15) is 12.8 Å². The third-order valence-corrected chi connectivity index (χ3v) is 7.11. The van der Waals surface area contributed by atoms with Crippen molar-refractivity contribution in [3.05, 3.63) is 45.3 Å². The molecule has 0 saturated heterocycles. The number of halogens is 1. The summed E-state index contributed by atoms with van der Waals surface area (Å²) in [7, 11) is -1.90. The summed E-state index contributed by atoms with van der Waals surface area (Å²) in [6.07, 6.45) is 0.744. The molecule has 1 heterocycles. The van der Waals surface area contributed by atoms with Crippen LogP contribution in [0.4, 0.5) is 5.69 Å². The van der Waals surface area contributed by atoms with Crippen LogP contribution in [0.15, 0.2) is 46.0 Å². The lowest BCUT2D eigenvalue weighted by Gasteiger charge is -2.15. The highest BCUT2D eigenvalue weighted by molar-refractivity contribution is 14.1. The summed E-state index contributed by atoms with van der Waals surface area (Å²) in [6.45, 7) is 0.306. The molecule has 0 radical (unpaired) electrons. The van der Waals surface area contributed by atoms with Crippen LogP contribution in [-0.2, 0) is 14.8 Å². The van der Waals surface area contributed by atoms with Crippen LogP contribution >= 0.6 is 33.9 Å². The van der Waals surface area contributed by atoms with Crippen molar-refractivity contribution in [2.45, 2.75) is 17.1 Å². The minimum absolute atomic E-state index is 0.117. The molecule has 0 unspecified atom stereocenters. The first-order valence-corrected chi connectivity index (χ1v) is 10.3. The van der Waals surface area contributed by atoms with Gasteiger partial charge in [0.2, 0.25) is 5.91 Å². The van der Waals surface area contributed by atoms with Gasteiger partial charge in [0.05, 0.1) is 0 Å². The van der Waals surface area contributed by atoms with E-state index in [2.05, 4.69) is 27.9 Å². The molecule has 5 nitrogen and oxygen atoms in total. The van der Waals surface area contributed by atoms with Gasteiger partial charge in [0, 0.05) is 29.3 Å². The summed E-state index contributed by atoms with van der Waals surface area (Å²) < 4.78 is 27.2. The minimum Gasteiger partial charge on any atom is -0.326 e. The van der Waals surface area contributed by atoms with Crippen LogP contribution in [0.2, 0.25) is 0 Å². The highest BCUT2D eigenvalue weighted by Crippen LogP contribution is 2.20. The average molecular weight is 464 g/mol. The molecule has 8 heteroatoms. The van der Waals surface area contributed by atoms with Crippen molar-refractivity contribution in [3.8, 4) is 0 Å². The lowest BCUT2D eigenvalue weighted by atomic mass is 10.2. The molecule has 1 amide bonds. The maximum Gasteiger partial charge on any atom is 0.252 e. The molecule has 0 saturated carbocycles. The van der Waals surface area contributed by atoms with E-state index in [4.69, 9.17) is 0 Å². The second-order valence-corrected chi connectivity index (χ2v) is 9.38. The summed E-state index contributed by atoms with van der Waals surface area (Å²) >= 11 is 3.39. The van der Waals surface area contributed by atoms with Crippen LogP contribution < -0.4 is 5.32 Å². The molecule has 0 aliphatic heterocycles. The molecule has 0 bridgehead atoms. The highest BCUT2D eigenvalue weighted by atomic mass is 127. The summed E-state index contributed by atoms with van der Waals surface area (Å²) in [5, 5.41) is 4.53. The van der Waals surface area contributed by atoms with Crippen LogP contribution in [-0.4, -0.2) is 32.2 Å². The maximum absolute atomic E-state index is 12.2. The van der Waals surface area contributed by atoms with E-state index in [-0.39, 0.29) is 12.3 Å². The van der Waals surface area contributed by atoms with Crippen LogP contribution in [0.3, 0.4) is 0 Å². The predicted molar refractivity (Wildman–Crippen MR) is 101 cm³/mol. The van der Waals surface area contributed by atoms with Crippen molar-refractivity contribution >= 4 is 55.5 Å². The third kappa shape index (κ3) is 5.27. The summed E-state index contributed by atoms with van der Waals surface area (Å²) in [6, 6.07) is 10.8. The van der Waals surface area contributed by atoms with Crippen molar-refractivity contribution in [1.29, 1.82) is 0 Å². The van der Waals surface area contributed by atoms with Crippen molar-refractivity contribution < 1.29 is 13.2 Å². The number of thiophene rings is 1. The number of rotatable bonds is 7. The van der Waals surface area contributed by atoms with Gasteiger partial charge in [0.25, 0.3) is 10.0 Å². The number of hydrogen-bond donors (Lipinski definition) is 1. The zero-order valence-electron chi connectivity index (χ0n) is 12.5. The van der Waals surface area contributed by atoms with Gasteiger partial charge in [-0.25, -0.2) is 12.7 Å². The number of sulfonamides is 1. The van der Waals surface area contributed by atoms with E-state index in [0.29, 0.717) is 17.2 Å². The Bertz CT molecular complexity index is 744. The molecule has 0 atom stereocenters. The number of nitrogens with one attached hydrogen (secondary N) is 1. The van der Waals surface area contributed by atoms with E-state index in [1.807, 2.05) is 24.3 Å². The Morgan fingerprint density at radius 3 is 2.57 bits per heavy atom. The fourth-order valence-electron chi connectivity index (χ4n) is 1.90. The van der Waals surface area contributed by atoms with Gasteiger partial charge in [-0.15, -0.1) is 11.3 Å². The van der Waals surface area contributed by atoms with Crippen molar-refractivity contribution in [2.75, 3.05) is 18.9 Å². The number of anilines is 1. The molecule has 23 heavy (non-hydrogen) atoms. The molecule has 0 aliphatic carbocycles. The van der Waals surface area contributed by atoms with E-state index in [1.165, 1.54) is 22.7 Å². The molecule has 2 rings (SSSR count). The first-order valence-electron chi connectivity index (χ1n) is 6.95. The summed E-state index contributed by atoms with van der Waals surface area (Å²) in [5.41, 5.74) is 0.745. The number of carbonyl (C=O) groups is 1. The average Bonchev–Trinajstić information content (AvgIpc) is 3.04. The Kier molecular flexibility index (Phi) is 6.57. The zero-order valence-corrected chi connectivity index (χ0v) is 16.3. The van der Waals surface area contributed by atoms with Gasteiger partial charge in [-0.3, -0.25) is 4.79 Å². The van der Waals surface area contributed by atoms with Crippen LogP contribution in [0.5, 0.6) is 0 Å². The fourth-order valence-corrected chi connectivity index (χ4v) is 4.67. The van der Waals surface area contributed by atoms with Gasteiger partial charge in [-0.05, 0) is 64.7 Å². The molecule has 124 valence electrons. The van der Waals surface area contributed by atoms with Crippen molar-refractivity contribution in [3.63, 3.8) is 0 Å². The van der Waals surface area contributed by atoms with Gasteiger partial charge in [-0.1, -0.05) is 6.07 Å². The number of nitrogens with zero attached hydrogens (tertiary/aromatic N) is 1. The highest BCUT2D eigenvalue weighted by Gasteiger charge is 2.21. The molecule has 2 aromatic rings. The van der Waals surface area contributed by atoms with Gasteiger partial charge in [-0.2, -0.15) is 0 Å². The summed E-state index contributed by atoms with van der Waals surface area (Å²) in [5.74, 6) is -0.117. The number of benzene rings is 1. The maximum atomic E-state index is 12.2. The van der Waals surface area contributed by atoms with Gasteiger partial charge >= 0.3 is 0 Å². The second kappa shape index (κ2) is 8.22. The van der Waals surface area contributed by atoms with E-state index < -0.39 is 10.0 Å². The number of hydrogen-bond acceptors (Lipinski definition) is 4. The molecule has 1 N–H and O–H groups in total. The molecule has 0 spiro atoms. The second-order valence-electron chi connectivity index (χ2n) is 4.92. The zero-order chi connectivity index (χ0) is 16.9. The van der Waals surface area contributed by atoms with Gasteiger partial charge in [0.1, 0.15) is 4.21 Å². The van der Waals surface area contributed by atoms with Crippen molar-refractivity contribution in [1.82, 2.24) is 4.31 Å². The lowest BCUT2D eigenvalue weighted by Crippen LogP contribution is -2.28. The molecular weight excluding hydrogens is 447 g/mol. The monoisotopic (exact) mass is 464 g/mol. The smallest absolute Gasteiger partial charge is 0.252 e. The van der Waals surface area contributed by atoms with Gasteiger partial charge < -0.3 is 5.32 Å². The lowest BCUT2D eigenvalue weighted by molar-refractivity contribution is -0.116. The Hall–Kier alpha value is -0.970. The number of amides is 1. The van der Waals surface area contributed by atoms with E-state index >= 15 is 0 Å². The number of carbonyl (C=O) groups excluding carboxylic acids is 1. The first-order chi connectivity index (χ1) is 10.9. The molecule has 0 aliphatic rings. The first kappa shape index (κ1) is 18.4. The normalized spacial score (nSPS) is 11.6. The van der Waals surface area contributed by atoms with E-state index in [9.17, 15) is 13.2 Å². The molecular formula is C15H17IN2O3S2. The van der Waals surface area contributed by atoms with E-state index in [1.54, 1.807) is 17.5 Å². The Labute approximate surface area is 153 Å². The van der Waals surface area contributed by atoms with Crippen molar-refractivity contribution in [2.24, 2.45) is 0 Å². The quantitative estimate of drug-likeness (QED) is 0.639. The Morgan fingerprint density at radius 1 is 1.26 bits per heavy atom. The standard InChI is InChI=1S/C15H17IN2O3S2/c1-18(23(20,21)15-5-3-11-22-15)10-2-4-14(19)17-13-8-6-12(16)7-9-13/h3,5-9,11H,2,4,10H2,1H3,(H,17,19). The Morgan fingerprint density at radius 2 is 1.96 bits per heavy atom.